The minimum Gasteiger partial charge on any atom is -0.313 e. The monoisotopic (exact) mass is 244 g/mol. The summed E-state index contributed by atoms with van der Waals surface area (Å²) in [7, 11) is 0. The first-order valence-corrected chi connectivity index (χ1v) is 5.75. The summed E-state index contributed by atoms with van der Waals surface area (Å²) in [5.41, 5.74) is 1.55. The van der Waals surface area contributed by atoms with Crippen molar-refractivity contribution in [3.8, 4) is 0 Å². The maximum atomic E-state index is 11.1. The summed E-state index contributed by atoms with van der Waals surface area (Å²) in [6.45, 7) is 0. The average Bonchev–Trinajstić information content (AvgIpc) is 2.42. The highest BCUT2D eigenvalue weighted by Gasteiger charge is 2.18. The van der Waals surface area contributed by atoms with Crippen LogP contribution in [0.5, 0.6) is 0 Å². The minimum absolute atomic E-state index is 0.330. The molecule has 0 radical (unpaired) electrons. The predicted octanol–water partition coefficient (Wildman–Crippen LogP) is 2.33. The lowest BCUT2D eigenvalue weighted by molar-refractivity contribution is -0.110. The second-order valence-electron chi connectivity index (χ2n) is 3.99. The largest absolute Gasteiger partial charge is 0.313 e. The zero-order valence-electron chi connectivity index (χ0n) is 10.0. The number of hydrogen-bond acceptors (Lipinski definition) is 4. The second-order valence-corrected chi connectivity index (χ2v) is 3.99. The summed E-state index contributed by atoms with van der Waals surface area (Å²) in [5.74, 6) is -0.793. The molecule has 1 aromatic rings. The Kier molecular flexibility index (Phi) is 5.64. The Labute approximate surface area is 106 Å². The van der Waals surface area contributed by atoms with Crippen molar-refractivity contribution in [1.29, 1.82) is 10.8 Å². The van der Waals surface area contributed by atoms with Crippen LogP contribution in [-0.2, 0) is 9.59 Å². The van der Waals surface area contributed by atoms with Crippen LogP contribution in [0.15, 0.2) is 24.3 Å². The normalized spacial score (nSPS) is 13.3. The minimum atomic E-state index is -0.396. The maximum absolute atomic E-state index is 11.1. The Morgan fingerprint density at radius 1 is 0.889 bits per heavy atom. The summed E-state index contributed by atoms with van der Waals surface area (Å²) in [6, 6.07) is 7.23. The fraction of sp³-hybridized carbons (Fsp3) is 0.286. The summed E-state index contributed by atoms with van der Waals surface area (Å²) >= 11 is 0. The maximum Gasteiger partial charge on any atom is 0.127 e. The Balaban J connectivity index is 3.18. The zero-order valence-corrected chi connectivity index (χ0v) is 10.0. The number of benzene rings is 1. The Hall–Kier alpha value is -2.10. The third kappa shape index (κ3) is 3.20. The van der Waals surface area contributed by atoms with Gasteiger partial charge in [-0.05, 0) is 36.4 Å². The van der Waals surface area contributed by atoms with Crippen LogP contribution in [0.1, 0.15) is 35.8 Å². The number of carbonyl (C=O) groups excluding carboxylic acids is 2. The van der Waals surface area contributed by atoms with Crippen molar-refractivity contribution in [1.82, 2.24) is 0 Å². The van der Waals surface area contributed by atoms with Crippen molar-refractivity contribution in [2.75, 3.05) is 0 Å². The predicted molar refractivity (Wildman–Crippen MR) is 70.9 cm³/mol. The molecule has 0 bridgehead atoms. The Morgan fingerprint density at radius 2 is 1.28 bits per heavy atom. The molecule has 94 valence electrons. The lowest BCUT2D eigenvalue weighted by atomic mass is 9.86. The third-order valence-electron chi connectivity index (χ3n) is 2.87. The van der Waals surface area contributed by atoms with E-state index in [1.165, 1.54) is 12.4 Å². The number of hydrogen-bond donors (Lipinski definition) is 2. The average molecular weight is 244 g/mol. The van der Waals surface area contributed by atoms with Gasteiger partial charge in [-0.15, -0.1) is 0 Å². The van der Waals surface area contributed by atoms with Gasteiger partial charge >= 0.3 is 0 Å². The quantitative estimate of drug-likeness (QED) is 0.543. The van der Waals surface area contributed by atoms with Gasteiger partial charge in [0.2, 0.25) is 0 Å². The highest BCUT2D eigenvalue weighted by Crippen LogP contribution is 2.27. The van der Waals surface area contributed by atoms with Crippen LogP contribution in [0.3, 0.4) is 0 Å². The molecule has 2 atom stereocenters. The number of nitrogens with one attached hydrogen (secondary N) is 2. The number of carbonyl (C=O) groups is 2. The lowest BCUT2D eigenvalue weighted by Crippen LogP contribution is -2.10. The van der Waals surface area contributed by atoms with E-state index in [4.69, 9.17) is 10.8 Å². The molecular formula is C14H16N2O2. The molecule has 4 nitrogen and oxygen atoms in total. The smallest absolute Gasteiger partial charge is 0.127 e. The van der Waals surface area contributed by atoms with Crippen LogP contribution in [0.2, 0.25) is 0 Å². The lowest BCUT2D eigenvalue weighted by Gasteiger charge is -2.17. The van der Waals surface area contributed by atoms with Crippen LogP contribution in [0, 0.1) is 10.8 Å². The molecule has 18 heavy (non-hydrogen) atoms. The molecule has 0 fully saturated rings. The van der Waals surface area contributed by atoms with Gasteiger partial charge in [-0.3, -0.25) is 0 Å². The first-order chi connectivity index (χ1) is 8.78. The highest BCUT2D eigenvalue weighted by molar-refractivity contribution is 5.74. The molecule has 0 saturated carbocycles. The molecule has 0 saturated heterocycles. The summed E-state index contributed by atoms with van der Waals surface area (Å²) in [6.07, 6.45) is 4.66. The molecule has 0 amide bonds. The van der Waals surface area contributed by atoms with E-state index in [0.717, 1.165) is 23.7 Å². The van der Waals surface area contributed by atoms with Crippen LogP contribution in [-0.4, -0.2) is 25.0 Å². The van der Waals surface area contributed by atoms with Gasteiger partial charge in [-0.2, -0.15) is 0 Å². The van der Waals surface area contributed by atoms with Crippen molar-refractivity contribution in [2.45, 2.75) is 24.7 Å². The van der Waals surface area contributed by atoms with Gasteiger partial charge in [0.05, 0.1) is 0 Å². The molecule has 4 heteroatoms. The van der Waals surface area contributed by atoms with Crippen LogP contribution >= 0.6 is 0 Å². The number of rotatable bonds is 8. The molecule has 0 aliphatic rings. The van der Waals surface area contributed by atoms with E-state index < -0.39 is 11.8 Å². The third-order valence-corrected chi connectivity index (χ3v) is 2.87. The SMILES string of the molecule is N=CCC(C=O)c1ccccc1C(C=O)CC=N. The zero-order chi connectivity index (χ0) is 13.4. The number of aldehydes is 2. The molecule has 1 aromatic carbocycles. The van der Waals surface area contributed by atoms with E-state index >= 15 is 0 Å². The van der Waals surface area contributed by atoms with Gasteiger partial charge in [0.25, 0.3) is 0 Å². The molecule has 0 aromatic heterocycles. The Bertz CT molecular complexity index is 402. The molecule has 0 aliphatic carbocycles. The van der Waals surface area contributed by atoms with Crippen LogP contribution in [0.25, 0.3) is 0 Å². The van der Waals surface area contributed by atoms with Crippen molar-refractivity contribution in [3.63, 3.8) is 0 Å². The first kappa shape index (κ1) is 14.0. The van der Waals surface area contributed by atoms with Gasteiger partial charge in [0.15, 0.2) is 0 Å². The van der Waals surface area contributed by atoms with E-state index in [2.05, 4.69) is 0 Å². The van der Waals surface area contributed by atoms with E-state index in [-0.39, 0.29) is 0 Å². The van der Waals surface area contributed by atoms with Crippen molar-refractivity contribution in [2.24, 2.45) is 0 Å². The van der Waals surface area contributed by atoms with Gasteiger partial charge in [0, 0.05) is 11.8 Å². The van der Waals surface area contributed by atoms with Crippen LogP contribution in [0.4, 0.5) is 0 Å². The van der Waals surface area contributed by atoms with Crippen LogP contribution < -0.4 is 0 Å². The highest BCUT2D eigenvalue weighted by atomic mass is 16.1. The van der Waals surface area contributed by atoms with Crippen molar-refractivity contribution < 1.29 is 9.59 Å². The van der Waals surface area contributed by atoms with Gasteiger partial charge in [-0.1, -0.05) is 24.3 Å². The van der Waals surface area contributed by atoms with Crippen molar-refractivity contribution in [3.05, 3.63) is 35.4 Å². The second kappa shape index (κ2) is 7.27. The molecule has 0 aliphatic heterocycles. The van der Waals surface area contributed by atoms with E-state index in [1.807, 2.05) is 12.1 Å². The Morgan fingerprint density at radius 3 is 1.56 bits per heavy atom. The molecule has 1 rings (SSSR count). The molecular weight excluding hydrogens is 228 g/mol. The van der Waals surface area contributed by atoms with Crippen molar-refractivity contribution >= 4 is 25.0 Å². The summed E-state index contributed by atoms with van der Waals surface area (Å²) in [5, 5.41) is 14.2. The molecule has 0 spiro atoms. The molecule has 0 heterocycles. The van der Waals surface area contributed by atoms with Gasteiger partial charge in [-0.25, -0.2) is 0 Å². The van der Waals surface area contributed by atoms with E-state index in [1.54, 1.807) is 12.1 Å². The van der Waals surface area contributed by atoms with E-state index in [9.17, 15) is 9.59 Å². The summed E-state index contributed by atoms with van der Waals surface area (Å²) in [4.78, 5) is 22.2. The van der Waals surface area contributed by atoms with Gasteiger partial charge < -0.3 is 20.4 Å². The summed E-state index contributed by atoms with van der Waals surface area (Å²) < 4.78 is 0. The first-order valence-electron chi connectivity index (χ1n) is 5.75. The fourth-order valence-corrected chi connectivity index (χ4v) is 1.95. The molecule has 2 unspecified atom stereocenters. The topological polar surface area (TPSA) is 81.8 Å². The van der Waals surface area contributed by atoms with Gasteiger partial charge in [0.1, 0.15) is 12.6 Å². The van der Waals surface area contributed by atoms with E-state index in [0.29, 0.717) is 12.8 Å². The molecule has 2 N–H and O–H groups in total. The fourth-order valence-electron chi connectivity index (χ4n) is 1.95. The standard InChI is InChI=1S/C14H16N2O2/c15-7-5-11(9-17)13-3-1-2-4-14(13)12(10-18)6-8-16/h1-4,7-12,15-16H,5-6H2.